The standard InChI is InChI=1S/C13H16ClN3O4/c1-13(2,3)16-11(18)7-15-12(19)9-6-8(14)4-5-10(9)17(20)21/h4-6H,7H2,1-3H3,(H,15,19)(H,16,18). The van der Waals surface area contributed by atoms with Gasteiger partial charge in [0.2, 0.25) is 5.91 Å². The fourth-order valence-corrected chi connectivity index (χ4v) is 1.74. The summed E-state index contributed by atoms with van der Waals surface area (Å²) in [6, 6.07) is 3.66. The highest BCUT2D eigenvalue weighted by Crippen LogP contribution is 2.22. The van der Waals surface area contributed by atoms with Crippen LogP contribution in [-0.2, 0) is 4.79 Å². The number of nitrogens with one attached hydrogen (secondary N) is 2. The summed E-state index contributed by atoms with van der Waals surface area (Å²) in [5.74, 6) is -1.12. The van der Waals surface area contributed by atoms with E-state index in [0.717, 1.165) is 6.07 Å². The summed E-state index contributed by atoms with van der Waals surface area (Å²) in [5, 5.41) is 16.1. The molecule has 0 bridgehead atoms. The van der Waals surface area contributed by atoms with E-state index in [9.17, 15) is 19.7 Å². The van der Waals surface area contributed by atoms with Crippen molar-refractivity contribution in [1.82, 2.24) is 10.6 Å². The molecular formula is C13H16ClN3O4. The van der Waals surface area contributed by atoms with Gasteiger partial charge in [-0.25, -0.2) is 0 Å². The van der Waals surface area contributed by atoms with E-state index in [1.165, 1.54) is 12.1 Å². The van der Waals surface area contributed by atoms with Crippen LogP contribution in [0.25, 0.3) is 0 Å². The molecular weight excluding hydrogens is 298 g/mol. The molecule has 2 N–H and O–H groups in total. The van der Waals surface area contributed by atoms with Crippen LogP contribution in [0.15, 0.2) is 18.2 Å². The average Bonchev–Trinajstić information content (AvgIpc) is 2.33. The molecule has 8 heteroatoms. The van der Waals surface area contributed by atoms with E-state index in [-0.39, 0.29) is 28.7 Å². The van der Waals surface area contributed by atoms with Gasteiger partial charge in [-0.15, -0.1) is 0 Å². The first-order valence-electron chi connectivity index (χ1n) is 6.13. The van der Waals surface area contributed by atoms with Crippen LogP contribution in [0.1, 0.15) is 31.1 Å². The molecule has 0 unspecified atom stereocenters. The van der Waals surface area contributed by atoms with Gasteiger partial charge in [0.25, 0.3) is 11.6 Å². The van der Waals surface area contributed by atoms with Gasteiger partial charge in [0.05, 0.1) is 11.5 Å². The average molecular weight is 314 g/mol. The van der Waals surface area contributed by atoms with Crippen LogP contribution in [0.4, 0.5) is 5.69 Å². The van der Waals surface area contributed by atoms with Gasteiger partial charge >= 0.3 is 0 Å². The minimum Gasteiger partial charge on any atom is -0.350 e. The fourth-order valence-electron chi connectivity index (χ4n) is 1.57. The molecule has 0 aliphatic carbocycles. The molecule has 2 amide bonds. The van der Waals surface area contributed by atoms with E-state index in [1.54, 1.807) is 20.8 Å². The van der Waals surface area contributed by atoms with Crippen LogP contribution >= 0.6 is 11.6 Å². The third kappa shape index (κ3) is 5.39. The molecule has 0 aromatic heterocycles. The Bertz CT molecular complexity index is 581. The molecule has 0 aliphatic heterocycles. The van der Waals surface area contributed by atoms with E-state index in [4.69, 9.17) is 11.6 Å². The third-order valence-corrected chi connectivity index (χ3v) is 2.56. The Hall–Kier alpha value is -2.15. The predicted molar refractivity (Wildman–Crippen MR) is 78.3 cm³/mol. The minimum absolute atomic E-state index is 0.184. The second kappa shape index (κ2) is 6.53. The second-order valence-electron chi connectivity index (χ2n) is 5.40. The van der Waals surface area contributed by atoms with Crippen molar-refractivity contribution in [2.45, 2.75) is 26.3 Å². The number of carbonyl (C=O) groups excluding carboxylic acids is 2. The lowest BCUT2D eigenvalue weighted by Crippen LogP contribution is -2.45. The largest absolute Gasteiger partial charge is 0.350 e. The molecule has 0 saturated carbocycles. The molecule has 1 rings (SSSR count). The minimum atomic E-state index is -0.728. The number of nitro benzene ring substituents is 1. The van der Waals surface area contributed by atoms with Gasteiger partial charge < -0.3 is 10.6 Å². The Balaban J connectivity index is 2.79. The quantitative estimate of drug-likeness (QED) is 0.654. The van der Waals surface area contributed by atoms with Crippen LogP contribution < -0.4 is 10.6 Å². The molecule has 1 aromatic rings. The fraction of sp³-hybridized carbons (Fsp3) is 0.385. The molecule has 7 nitrogen and oxygen atoms in total. The molecule has 21 heavy (non-hydrogen) atoms. The predicted octanol–water partition coefficient (Wildman–Crippen LogP) is 1.89. The number of rotatable bonds is 4. The van der Waals surface area contributed by atoms with E-state index < -0.39 is 16.4 Å². The Kier molecular flexibility index (Phi) is 5.26. The zero-order valence-electron chi connectivity index (χ0n) is 11.9. The number of benzene rings is 1. The molecule has 1 aromatic carbocycles. The van der Waals surface area contributed by atoms with Gasteiger partial charge in [-0.2, -0.15) is 0 Å². The van der Waals surface area contributed by atoms with E-state index in [0.29, 0.717) is 0 Å². The maximum atomic E-state index is 11.9. The molecule has 0 heterocycles. The van der Waals surface area contributed by atoms with Gasteiger partial charge in [-0.1, -0.05) is 11.6 Å². The summed E-state index contributed by atoms with van der Waals surface area (Å²) < 4.78 is 0. The normalized spacial score (nSPS) is 10.9. The van der Waals surface area contributed by atoms with Gasteiger partial charge in [-0.3, -0.25) is 19.7 Å². The Labute approximate surface area is 126 Å². The lowest BCUT2D eigenvalue weighted by Gasteiger charge is -2.20. The van der Waals surface area contributed by atoms with Gasteiger partial charge in [0.15, 0.2) is 0 Å². The lowest BCUT2D eigenvalue weighted by molar-refractivity contribution is -0.385. The first kappa shape index (κ1) is 16.9. The lowest BCUT2D eigenvalue weighted by atomic mass is 10.1. The number of hydrogen-bond acceptors (Lipinski definition) is 4. The van der Waals surface area contributed by atoms with Crippen molar-refractivity contribution in [3.63, 3.8) is 0 Å². The van der Waals surface area contributed by atoms with Gasteiger partial charge in [0, 0.05) is 16.6 Å². The highest BCUT2D eigenvalue weighted by Gasteiger charge is 2.21. The number of amides is 2. The van der Waals surface area contributed by atoms with Crippen molar-refractivity contribution in [3.8, 4) is 0 Å². The van der Waals surface area contributed by atoms with Crippen molar-refractivity contribution >= 4 is 29.1 Å². The summed E-state index contributed by atoms with van der Waals surface area (Å²) in [7, 11) is 0. The van der Waals surface area contributed by atoms with Gasteiger partial charge in [0.1, 0.15) is 5.56 Å². The third-order valence-electron chi connectivity index (χ3n) is 2.32. The summed E-state index contributed by atoms with van der Waals surface area (Å²) in [5.41, 5.74) is -0.978. The molecule has 0 fully saturated rings. The maximum absolute atomic E-state index is 11.9. The molecule has 0 aliphatic rings. The first-order valence-corrected chi connectivity index (χ1v) is 6.51. The second-order valence-corrected chi connectivity index (χ2v) is 5.84. The smallest absolute Gasteiger partial charge is 0.282 e. The number of nitro groups is 1. The Morgan fingerprint density at radius 1 is 1.33 bits per heavy atom. The van der Waals surface area contributed by atoms with Gasteiger partial charge in [-0.05, 0) is 32.9 Å². The molecule has 114 valence electrons. The monoisotopic (exact) mass is 313 g/mol. The zero-order chi connectivity index (χ0) is 16.2. The van der Waals surface area contributed by atoms with Crippen LogP contribution in [-0.4, -0.2) is 28.8 Å². The maximum Gasteiger partial charge on any atom is 0.282 e. The number of halogens is 1. The summed E-state index contributed by atoms with van der Waals surface area (Å²) in [6.07, 6.45) is 0. The van der Waals surface area contributed by atoms with Crippen LogP contribution in [0.3, 0.4) is 0 Å². The van der Waals surface area contributed by atoms with Crippen molar-refractivity contribution in [1.29, 1.82) is 0 Å². The number of nitrogens with zero attached hydrogens (tertiary/aromatic N) is 1. The van der Waals surface area contributed by atoms with Crippen molar-refractivity contribution < 1.29 is 14.5 Å². The van der Waals surface area contributed by atoms with Crippen molar-refractivity contribution in [2.24, 2.45) is 0 Å². The number of carbonyl (C=O) groups is 2. The van der Waals surface area contributed by atoms with Crippen LogP contribution in [0.2, 0.25) is 5.02 Å². The van der Waals surface area contributed by atoms with E-state index in [2.05, 4.69) is 10.6 Å². The summed E-state index contributed by atoms with van der Waals surface area (Å²) >= 11 is 5.73. The Morgan fingerprint density at radius 3 is 2.48 bits per heavy atom. The molecule has 0 atom stereocenters. The molecule has 0 spiro atoms. The molecule has 0 radical (unpaired) electrons. The first-order chi connectivity index (χ1) is 9.60. The molecule has 0 saturated heterocycles. The van der Waals surface area contributed by atoms with E-state index in [1.807, 2.05) is 0 Å². The zero-order valence-corrected chi connectivity index (χ0v) is 12.7. The highest BCUT2D eigenvalue weighted by molar-refractivity contribution is 6.31. The highest BCUT2D eigenvalue weighted by atomic mass is 35.5. The van der Waals surface area contributed by atoms with E-state index >= 15 is 0 Å². The van der Waals surface area contributed by atoms with Crippen molar-refractivity contribution in [2.75, 3.05) is 6.54 Å². The van der Waals surface area contributed by atoms with Crippen LogP contribution in [0.5, 0.6) is 0 Å². The van der Waals surface area contributed by atoms with Crippen LogP contribution in [0, 0.1) is 10.1 Å². The SMILES string of the molecule is CC(C)(C)NC(=O)CNC(=O)c1cc(Cl)ccc1[N+](=O)[O-]. The van der Waals surface area contributed by atoms with Crippen molar-refractivity contribution in [3.05, 3.63) is 38.9 Å². The topological polar surface area (TPSA) is 101 Å². The summed E-state index contributed by atoms with van der Waals surface area (Å²) in [6.45, 7) is 5.12. The number of hydrogen-bond donors (Lipinski definition) is 2. The summed E-state index contributed by atoms with van der Waals surface area (Å²) in [4.78, 5) is 33.7. The Morgan fingerprint density at radius 2 is 1.95 bits per heavy atom.